The lowest BCUT2D eigenvalue weighted by Gasteiger charge is -2.15. The van der Waals surface area contributed by atoms with Crippen LogP contribution in [0.1, 0.15) is 15.9 Å². The first-order valence-corrected chi connectivity index (χ1v) is 5.50. The molecule has 0 fully saturated rings. The minimum absolute atomic E-state index is 0.0587. The van der Waals surface area contributed by atoms with E-state index < -0.39 is 0 Å². The Labute approximate surface area is 103 Å². The number of nitrogens with two attached hydrogens (primary N) is 1. The van der Waals surface area contributed by atoms with Crippen molar-refractivity contribution < 1.29 is 14.3 Å². The molecule has 0 radical (unpaired) electrons. The molecule has 0 aliphatic rings. The number of hydrogen-bond acceptors (Lipinski definition) is 4. The summed E-state index contributed by atoms with van der Waals surface area (Å²) in [6, 6.07) is 1.77. The third kappa shape index (κ3) is 2.20. The van der Waals surface area contributed by atoms with Crippen LogP contribution in [-0.4, -0.2) is 26.5 Å². The van der Waals surface area contributed by atoms with Crippen molar-refractivity contribution >= 4 is 21.7 Å². The molecule has 88 valence electrons. The summed E-state index contributed by atoms with van der Waals surface area (Å²) < 4.78 is 11.2. The highest BCUT2D eigenvalue weighted by molar-refractivity contribution is 9.10. The number of rotatable bonds is 4. The van der Waals surface area contributed by atoms with Crippen LogP contribution in [-0.2, 0) is 0 Å². The molecular weight excluding hydrogens is 274 g/mol. The second kappa shape index (κ2) is 5.32. The van der Waals surface area contributed by atoms with Crippen molar-refractivity contribution in [1.29, 1.82) is 0 Å². The SMILES string of the molecule is COc1cc(Br)c(C)c(C(=O)CN)c1OC. The van der Waals surface area contributed by atoms with Crippen LogP contribution in [0.5, 0.6) is 11.5 Å². The molecular formula is C11H14BrNO3. The molecule has 2 N–H and O–H groups in total. The number of halogens is 1. The van der Waals surface area contributed by atoms with Gasteiger partial charge in [0.05, 0.1) is 26.3 Å². The Balaban J connectivity index is 3.53. The minimum Gasteiger partial charge on any atom is -0.493 e. The van der Waals surface area contributed by atoms with Crippen LogP contribution in [0.15, 0.2) is 10.5 Å². The number of Topliss-reactive ketones (excluding diaryl/α,β-unsaturated/α-hetero) is 1. The highest BCUT2D eigenvalue weighted by Crippen LogP contribution is 2.37. The van der Waals surface area contributed by atoms with Crippen molar-refractivity contribution in [3.63, 3.8) is 0 Å². The zero-order valence-corrected chi connectivity index (χ0v) is 11.1. The van der Waals surface area contributed by atoms with Gasteiger partial charge in [-0.25, -0.2) is 0 Å². The van der Waals surface area contributed by atoms with Crippen molar-refractivity contribution in [3.8, 4) is 11.5 Å². The van der Waals surface area contributed by atoms with Crippen LogP contribution in [0.3, 0.4) is 0 Å². The molecule has 0 spiro atoms. The predicted octanol–water partition coefficient (Wildman–Crippen LogP) is 1.92. The van der Waals surface area contributed by atoms with Gasteiger partial charge in [0.15, 0.2) is 17.3 Å². The zero-order valence-electron chi connectivity index (χ0n) is 9.46. The molecule has 0 bridgehead atoms. The maximum Gasteiger partial charge on any atom is 0.180 e. The van der Waals surface area contributed by atoms with E-state index in [1.54, 1.807) is 6.07 Å². The lowest BCUT2D eigenvalue weighted by Crippen LogP contribution is -2.16. The highest BCUT2D eigenvalue weighted by atomic mass is 79.9. The van der Waals surface area contributed by atoms with Gasteiger partial charge in [-0.15, -0.1) is 0 Å². The van der Waals surface area contributed by atoms with E-state index in [-0.39, 0.29) is 12.3 Å². The molecule has 0 unspecified atom stereocenters. The number of ketones is 1. The fourth-order valence-electron chi connectivity index (χ4n) is 1.49. The van der Waals surface area contributed by atoms with Crippen LogP contribution >= 0.6 is 15.9 Å². The molecule has 0 saturated heterocycles. The Kier molecular flexibility index (Phi) is 4.32. The Bertz CT molecular complexity index is 418. The van der Waals surface area contributed by atoms with Gasteiger partial charge in [-0.1, -0.05) is 15.9 Å². The molecule has 1 aromatic carbocycles. The van der Waals surface area contributed by atoms with E-state index in [0.29, 0.717) is 17.1 Å². The average molecular weight is 288 g/mol. The molecule has 4 nitrogen and oxygen atoms in total. The topological polar surface area (TPSA) is 61.5 Å². The normalized spacial score (nSPS) is 10.1. The number of hydrogen-bond donors (Lipinski definition) is 1. The van der Waals surface area contributed by atoms with Gasteiger partial charge in [0.2, 0.25) is 0 Å². The number of carbonyl (C=O) groups is 1. The number of carbonyl (C=O) groups excluding carboxylic acids is 1. The molecule has 5 heteroatoms. The summed E-state index contributed by atoms with van der Waals surface area (Å²) in [4.78, 5) is 11.8. The zero-order chi connectivity index (χ0) is 12.3. The summed E-state index contributed by atoms with van der Waals surface area (Å²) >= 11 is 3.37. The number of benzene rings is 1. The molecule has 16 heavy (non-hydrogen) atoms. The Morgan fingerprint density at radius 2 is 2.06 bits per heavy atom. The second-order valence-corrected chi connectivity index (χ2v) is 4.08. The van der Waals surface area contributed by atoms with Crippen molar-refractivity contribution in [1.82, 2.24) is 0 Å². The van der Waals surface area contributed by atoms with Gasteiger partial charge < -0.3 is 15.2 Å². The minimum atomic E-state index is -0.172. The second-order valence-electron chi connectivity index (χ2n) is 3.22. The largest absolute Gasteiger partial charge is 0.493 e. The first-order chi connectivity index (χ1) is 7.56. The number of methoxy groups -OCH3 is 2. The van der Waals surface area contributed by atoms with Gasteiger partial charge in [0.25, 0.3) is 0 Å². The molecule has 0 aliphatic heterocycles. The summed E-state index contributed by atoms with van der Waals surface area (Å²) in [5.74, 6) is 0.768. The summed E-state index contributed by atoms with van der Waals surface area (Å²) in [5, 5.41) is 0. The van der Waals surface area contributed by atoms with E-state index >= 15 is 0 Å². The van der Waals surface area contributed by atoms with Gasteiger partial charge in [-0.2, -0.15) is 0 Å². The van der Waals surface area contributed by atoms with Gasteiger partial charge >= 0.3 is 0 Å². The molecule has 1 rings (SSSR count). The molecule has 0 aromatic heterocycles. The molecule has 0 heterocycles. The third-order valence-electron chi connectivity index (χ3n) is 2.33. The van der Waals surface area contributed by atoms with Crippen molar-refractivity contribution in [2.75, 3.05) is 20.8 Å². The summed E-state index contributed by atoms with van der Waals surface area (Å²) in [5.41, 5.74) is 6.64. The standard InChI is InChI=1S/C11H14BrNO3/c1-6-7(12)4-9(15-2)11(16-3)10(6)8(14)5-13/h4H,5,13H2,1-3H3. The van der Waals surface area contributed by atoms with E-state index in [1.165, 1.54) is 14.2 Å². The smallest absolute Gasteiger partial charge is 0.180 e. The maximum absolute atomic E-state index is 11.8. The molecule has 0 aliphatic carbocycles. The van der Waals surface area contributed by atoms with Crippen LogP contribution in [0.25, 0.3) is 0 Å². The van der Waals surface area contributed by atoms with Gasteiger partial charge in [-0.3, -0.25) is 4.79 Å². The fourth-order valence-corrected chi connectivity index (χ4v) is 1.90. The lowest BCUT2D eigenvalue weighted by molar-refractivity contribution is 0.0997. The van der Waals surface area contributed by atoms with Gasteiger partial charge in [-0.05, 0) is 18.6 Å². The van der Waals surface area contributed by atoms with Crippen LogP contribution < -0.4 is 15.2 Å². The Hall–Kier alpha value is -1.07. The first-order valence-electron chi connectivity index (χ1n) is 4.71. The fraction of sp³-hybridized carbons (Fsp3) is 0.364. The molecule has 0 saturated carbocycles. The molecule has 1 aromatic rings. The van der Waals surface area contributed by atoms with Crippen molar-refractivity contribution in [2.45, 2.75) is 6.92 Å². The van der Waals surface area contributed by atoms with Crippen molar-refractivity contribution in [3.05, 3.63) is 21.7 Å². The highest BCUT2D eigenvalue weighted by Gasteiger charge is 2.20. The lowest BCUT2D eigenvalue weighted by atomic mass is 10.0. The van der Waals surface area contributed by atoms with E-state index in [0.717, 1.165) is 10.0 Å². The summed E-state index contributed by atoms with van der Waals surface area (Å²) in [6.07, 6.45) is 0. The average Bonchev–Trinajstić information content (AvgIpc) is 2.30. The molecule has 0 atom stereocenters. The van der Waals surface area contributed by atoms with Crippen LogP contribution in [0.4, 0.5) is 0 Å². The Morgan fingerprint density at radius 3 is 2.50 bits per heavy atom. The third-order valence-corrected chi connectivity index (χ3v) is 3.15. The monoisotopic (exact) mass is 287 g/mol. The molecule has 0 amide bonds. The van der Waals surface area contributed by atoms with E-state index in [9.17, 15) is 4.79 Å². The van der Waals surface area contributed by atoms with Gasteiger partial charge in [0.1, 0.15) is 0 Å². The van der Waals surface area contributed by atoms with Gasteiger partial charge in [0, 0.05) is 4.47 Å². The van der Waals surface area contributed by atoms with Crippen LogP contribution in [0.2, 0.25) is 0 Å². The van der Waals surface area contributed by atoms with E-state index in [2.05, 4.69) is 15.9 Å². The van der Waals surface area contributed by atoms with E-state index in [4.69, 9.17) is 15.2 Å². The summed E-state index contributed by atoms with van der Waals surface area (Å²) in [7, 11) is 3.02. The summed E-state index contributed by atoms with van der Waals surface area (Å²) in [6.45, 7) is 1.77. The maximum atomic E-state index is 11.8. The van der Waals surface area contributed by atoms with Crippen LogP contribution in [0, 0.1) is 6.92 Å². The first kappa shape index (κ1) is 13.0. The quantitative estimate of drug-likeness (QED) is 0.860. The predicted molar refractivity (Wildman–Crippen MR) is 65.4 cm³/mol. The Morgan fingerprint density at radius 1 is 1.44 bits per heavy atom. The van der Waals surface area contributed by atoms with Crippen molar-refractivity contribution in [2.24, 2.45) is 5.73 Å². The number of ether oxygens (including phenoxy) is 2. The van der Waals surface area contributed by atoms with E-state index in [1.807, 2.05) is 6.92 Å².